The molecule has 7 nitrogen and oxygen atoms in total. The summed E-state index contributed by atoms with van der Waals surface area (Å²) >= 11 is 0. The van der Waals surface area contributed by atoms with E-state index in [4.69, 9.17) is 14.6 Å². The zero-order valence-electron chi connectivity index (χ0n) is 29.5. The number of likely N-dealkylation sites (N-methyl/N-ethyl adjacent to an activating group) is 1. The molecule has 0 saturated heterocycles. The monoisotopic (exact) mass is 659 g/mol. The molecule has 0 bridgehead atoms. The summed E-state index contributed by atoms with van der Waals surface area (Å²) in [5.74, 6) is -0.902. The number of carboxylic acids is 1. The van der Waals surface area contributed by atoms with Crippen LogP contribution in [0.5, 0.6) is 0 Å². The number of unbranched alkanes of at least 4 members (excludes halogenated alkanes) is 20. The van der Waals surface area contributed by atoms with E-state index in [-0.39, 0.29) is 24.3 Å². The van der Waals surface area contributed by atoms with Crippen molar-refractivity contribution in [2.75, 3.05) is 40.4 Å². The number of nitrogens with zero attached hydrogens (tertiary/aromatic N) is 1. The Morgan fingerprint density at radius 3 is 1.44 bits per heavy atom. The van der Waals surface area contributed by atoms with Crippen molar-refractivity contribution in [1.29, 1.82) is 0 Å². The van der Waals surface area contributed by atoms with Gasteiger partial charge in [-0.1, -0.05) is 102 Å². The highest BCUT2D eigenvalue weighted by Crippen LogP contribution is 2.13. The van der Waals surface area contributed by atoms with Crippen molar-refractivity contribution in [3.05, 3.63) is 12.2 Å². The Balaban J connectivity index is 0. The van der Waals surface area contributed by atoms with Crippen LogP contribution in [0.15, 0.2) is 12.2 Å². The minimum atomic E-state index is -0.679. The zero-order valence-corrected chi connectivity index (χ0v) is 30.2. The van der Waals surface area contributed by atoms with Crippen molar-refractivity contribution >= 4 is 17.9 Å². The largest absolute Gasteiger partial charge is 1.00 e. The second-order valence-corrected chi connectivity index (χ2v) is 13.3. The van der Waals surface area contributed by atoms with E-state index >= 15 is 0 Å². The number of carboxylic acid groups (broad SMARTS) is 1. The van der Waals surface area contributed by atoms with Crippen LogP contribution < -0.4 is 12.4 Å². The Labute approximate surface area is 283 Å². The van der Waals surface area contributed by atoms with Gasteiger partial charge in [0.15, 0.2) is 0 Å². The van der Waals surface area contributed by atoms with E-state index < -0.39 is 5.97 Å². The van der Waals surface area contributed by atoms with Gasteiger partial charge in [-0.15, -0.1) is 0 Å². The molecule has 0 aliphatic heterocycles. The molecule has 0 unspecified atom stereocenters. The van der Waals surface area contributed by atoms with E-state index in [2.05, 4.69) is 26.2 Å². The van der Waals surface area contributed by atoms with Crippen LogP contribution >= 0.6 is 0 Å². The standard InChI is InChI=1S/C37H69NO6.ClH/c1-35(39)43-34-32-38(2,3)31-27-23-19-15-12-16-20-24-28-33-44-37(42)30-26-22-18-14-11-9-7-5-4-6-8-10-13-17-21-25-29-36(40)41;/h4-5H,6-34H2,1-3H3;1H/b5-4+;. The second kappa shape index (κ2) is 33.8. The molecule has 45 heavy (non-hydrogen) atoms. The van der Waals surface area contributed by atoms with Gasteiger partial charge < -0.3 is 31.5 Å². The molecule has 0 atom stereocenters. The van der Waals surface area contributed by atoms with Crippen LogP contribution in [0.1, 0.15) is 167 Å². The molecule has 0 radical (unpaired) electrons. The van der Waals surface area contributed by atoms with Gasteiger partial charge in [0, 0.05) is 19.8 Å². The first-order chi connectivity index (χ1) is 21.2. The van der Waals surface area contributed by atoms with Gasteiger partial charge in [-0.05, 0) is 57.8 Å². The molecule has 1 N–H and O–H groups in total. The van der Waals surface area contributed by atoms with Crippen LogP contribution in [0.4, 0.5) is 0 Å². The summed E-state index contributed by atoms with van der Waals surface area (Å²) in [4.78, 5) is 33.3. The number of ether oxygens (including phenoxy) is 2. The van der Waals surface area contributed by atoms with Gasteiger partial charge in [-0.3, -0.25) is 14.4 Å². The lowest BCUT2D eigenvalue weighted by Gasteiger charge is -2.29. The first kappa shape index (κ1) is 45.5. The van der Waals surface area contributed by atoms with Crippen molar-refractivity contribution in [2.24, 2.45) is 0 Å². The third-order valence-electron chi connectivity index (χ3n) is 8.35. The number of allylic oxidation sites excluding steroid dienone is 2. The predicted octanol–water partition coefficient (Wildman–Crippen LogP) is 6.57. The molecule has 0 aromatic rings. The smallest absolute Gasteiger partial charge is 0.305 e. The van der Waals surface area contributed by atoms with E-state index in [0.717, 1.165) is 68.9 Å². The average molecular weight is 660 g/mol. The number of hydrogen-bond donors (Lipinski definition) is 1. The van der Waals surface area contributed by atoms with Gasteiger partial charge in [0.05, 0.1) is 27.2 Å². The number of halogens is 1. The maximum Gasteiger partial charge on any atom is 0.305 e. The van der Waals surface area contributed by atoms with Crippen molar-refractivity contribution in [3.63, 3.8) is 0 Å². The van der Waals surface area contributed by atoms with Crippen molar-refractivity contribution in [3.8, 4) is 0 Å². The second-order valence-electron chi connectivity index (χ2n) is 13.3. The lowest BCUT2D eigenvalue weighted by molar-refractivity contribution is -0.890. The van der Waals surface area contributed by atoms with E-state index in [1.54, 1.807) is 0 Å². The number of rotatable bonds is 33. The third-order valence-corrected chi connectivity index (χ3v) is 8.35. The topological polar surface area (TPSA) is 89.9 Å². The maximum atomic E-state index is 12.0. The van der Waals surface area contributed by atoms with Gasteiger partial charge in [-0.2, -0.15) is 0 Å². The highest BCUT2D eigenvalue weighted by molar-refractivity contribution is 5.69. The number of aliphatic carboxylic acids is 1. The van der Waals surface area contributed by atoms with Gasteiger partial charge in [0.25, 0.3) is 0 Å². The molecule has 266 valence electrons. The van der Waals surface area contributed by atoms with Gasteiger partial charge in [0.2, 0.25) is 0 Å². The van der Waals surface area contributed by atoms with Gasteiger partial charge in [0.1, 0.15) is 13.2 Å². The number of carbonyl (C=O) groups is 3. The lowest BCUT2D eigenvalue weighted by atomic mass is 10.1. The first-order valence-corrected chi connectivity index (χ1v) is 18.2. The highest BCUT2D eigenvalue weighted by atomic mass is 35.5. The molecule has 0 aliphatic rings. The predicted molar refractivity (Wildman–Crippen MR) is 182 cm³/mol. The van der Waals surface area contributed by atoms with E-state index in [9.17, 15) is 14.4 Å². The SMILES string of the molecule is CC(=O)OCC[N+](C)(C)CCCCCCCCCCCOC(=O)CCCCCCCC/C=C/CCCCCCCCC(=O)O.[Cl-]. The van der Waals surface area contributed by atoms with E-state index in [1.165, 1.54) is 103 Å². The molecule has 8 heteroatoms. The number of quaternary nitrogens is 1. The number of carbonyl (C=O) groups excluding carboxylic acids is 2. The summed E-state index contributed by atoms with van der Waals surface area (Å²) in [6, 6.07) is 0. The summed E-state index contributed by atoms with van der Waals surface area (Å²) in [6.45, 7) is 4.55. The summed E-state index contributed by atoms with van der Waals surface area (Å²) < 4.78 is 11.4. The Morgan fingerprint density at radius 1 is 0.533 bits per heavy atom. The Morgan fingerprint density at radius 2 is 0.956 bits per heavy atom. The Kier molecular flexibility index (Phi) is 34.1. The molecular weight excluding hydrogens is 590 g/mol. The lowest BCUT2D eigenvalue weighted by Crippen LogP contribution is -3.00. The van der Waals surface area contributed by atoms with E-state index in [1.807, 2.05) is 0 Å². The molecule has 0 saturated carbocycles. The van der Waals surface area contributed by atoms with Gasteiger partial charge in [-0.25, -0.2) is 0 Å². The van der Waals surface area contributed by atoms with Gasteiger partial charge >= 0.3 is 17.9 Å². The van der Waals surface area contributed by atoms with Crippen molar-refractivity contribution in [2.45, 2.75) is 167 Å². The molecule has 0 heterocycles. The fourth-order valence-corrected chi connectivity index (χ4v) is 5.41. The molecule has 0 aromatic heterocycles. The number of hydrogen-bond acceptors (Lipinski definition) is 5. The van der Waals surface area contributed by atoms with Crippen LogP contribution in [0.2, 0.25) is 0 Å². The van der Waals surface area contributed by atoms with Crippen molar-refractivity contribution in [1.82, 2.24) is 0 Å². The highest BCUT2D eigenvalue weighted by Gasteiger charge is 2.14. The fraction of sp³-hybridized carbons (Fsp3) is 0.865. The molecule has 0 spiro atoms. The molecule has 0 fully saturated rings. The average Bonchev–Trinajstić information content (AvgIpc) is 2.96. The zero-order chi connectivity index (χ0) is 32.6. The summed E-state index contributed by atoms with van der Waals surface area (Å²) in [7, 11) is 4.40. The Hall–Kier alpha value is -1.60. The molecular formula is C37H70ClNO6. The maximum absolute atomic E-state index is 12.0. The fourth-order valence-electron chi connectivity index (χ4n) is 5.41. The van der Waals surface area contributed by atoms with Crippen molar-refractivity contribution < 1.29 is 45.9 Å². The third kappa shape index (κ3) is 38.5. The quantitative estimate of drug-likeness (QED) is 0.0371. The van der Waals surface area contributed by atoms with Crippen LogP contribution in [0.25, 0.3) is 0 Å². The summed E-state index contributed by atoms with van der Waals surface area (Å²) in [5, 5.41) is 8.63. The molecule has 0 aromatic carbocycles. The molecule has 0 rings (SSSR count). The first-order valence-electron chi connectivity index (χ1n) is 18.2. The Bertz CT molecular complexity index is 728. The summed E-state index contributed by atoms with van der Waals surface area (Å²) in [6.07, 6.45) is 32.6. The van der Waals surface area contributed by atoms with Crippen LogP contribution in [0.3, 0.4) is 0 Å². The van der Waals surface area contributed by atoms with Crippen LogP contribution in [-0.2, 0) is 23.9 Å². The minimum absolute atomic E-state index is 0. The minimum Gasteiger partial charge on any atom is -1.00 e. The number of esters is 2. The van der Waals surface area contributed by atoms with E-state index in [0.29, 0.717) is 26.1 Å². The van der Waals surface area contributed by atoms with Crippen LogP contribution in [0, 0.1) is 0 Å². The normalized spacial score (nSPS) is 11.4. The summed E-state index contributed by atoms with van der Waals surface area (Å²) in [5.41, 5.74) is 0. The molecule has 0 amide bonds. The molecule has 0 aliphatic carbocycles. The van der Waals surface area contributed by atoms with Crippen LogP contribution in [-0.4, -0.2) is 67.9 Å².